The fourth-order valence-electron chi connectivity index (χ4n) is 1.06. The second-order valence-electron chi connectivity index (χ2n) is 2.82. The lowest BCUT2D eigenvalue weighted by atomic mass is 10.1. The topological polar surface area (TPSA) is 127 Å². The van der Waals surface area contributed by atoms with E-state index in [1.807, 2.05) is 5.32 Å². The van der Waals surface area contributed by atoms with Gasteiger partial charge < -0.3 is 20.1 Å². The Bertz CT molecular complexity index is 435. The van der Waals surface area contributed by atoms with E-state index in [9.17, 15) is 19.5 Å². The number of carbonyl (C=O) groups excluding carboxylic acids is 1. The van der Waals surface area contributed by atoms with Crippen molar-refractivity contribution in [2.24, 2.45) is 0 Å². The first-order chi connectivity index (χ1) is 7.40. The summed E-state index contributed by atoms with van der Waals surface area (Å²) in [6.07, 6.45) is -1.42. The minimum absolute atomic E-state index is 0.147. The molecule has 84 valence electrons. The SMILES string of the molecule is O=C(O)Nc1cc(C(=O)[O-])cc(C(=O)O)c1. The van der Waals surface area contributed by atoms with Gasteiger partial charge >= 0.3 is 12.1 Å². The van der Waals surface area contributed by atoms with E-state index < -0.39 is 23.6 Å². The third-order valence-electron chi connectivity index (χ3n) is 1.67. The van der Waals surface area contributed by atoms with Crippen LogP contribution in [0.15, 0.2) is 18.2 Å². The fourth-order valence-corrected chi connectivity index (χ4v) is 1.06. The van der Waals surface area contributed by atoms with E-state index >= 15 is 0 Å². The highest BCUT2D eigenvalue weighted by Gasteiger charge is 2.09. The summed E-state index contributed by atoms with van der Waals surface area (Å²) in [7, 11) is 0. The van der Waals surface area contributed by atoms with Gasteiger partial charge in [0.1, 0.15) is 0 Å². The van der Waals surface area contributed by atoms with Crippen LogP contribution in [0, 0.1) is 0 Å². The van der Waals surface area contributed by atoms with Crippen LogP contribution in [0.5, 0.6) is 0 Å². The molecule has 0 aliphatic carbocycles. The van der Waals surface area contributed by atoms with Crippen LogP contribution in [0.25, 0.3) is 0 Å². The van der Waals surface area contributed by atoms with E-state index in [1.54, 1.807) is 0 Å². The highest BCUT2D eigenvalue weighted by Crippen LogP contribution is 2.14. The monoisotopic (exact) mass is 224 g/mol. The molecule has 0 heterocycles. The number of nitrogens with one attached hydrogen (secondary N) is 1. The molecule has 0 aliphatic rings. The number of carbonyl (C=O) groups is 3. The maximum atomic E-state index is 10.6. The predicted octanol–water partition coefficient (Wildman–Crippen LogP) is -0.162. The van der Waals surface area contributed by atoms with Gasteiger partial charge in [-0.15, -0.1) is 0 Å². The van der Waals surface area contributed by atoms with Crippen LogP contribution >= 0.6 is 0 Å². The summed E-state index contributed by atoms with van der Waals surface area (Å²) in [6, 6.07) is 2.85. The zero-order valence-electron chi connectivity index (χ0n) is 7.76. The zero-order chi connectivity index (χ0) is 12.3. The van der Waals surface area contributed by atoms with Gasteiger partial charge in [-0.1, -0.05) is 0 Å². The molecule has 7 nitrogen and oxygen atoms in total. The fraction of sp³-hybridized carbons (Fsp3) is 0. The molecule has 0 saturated carbocycles. The largest absolute Gasteiger partial charge is 0.545 e. The molecule has 0 atom stereocenters. The van der Waals surface area contributed by atoms with Crippen molar-refractivity contribution in [1.29, 1.82) is 0 Å². The Hall–Kier alpha value is -2.57. The summed E-state index contributed by atoms with van der Waals surface area (Å²) in [5.41, 5.74) is -0.902. The average molecular weight is 224 g/mol. The van der Waals surface area contributed by atoms with Crippen LogP contribution < -0.4 is 10.4 Å². The summed E-state index contributed by atoms with van der Waals surface area (Å²) in [4.78, 5) is 31.5. The molecule has 1 amide bonds. The number of hydrogen-bond donors (Lipinski definition) is 3. The number of hydrogen-bond acceptors (Lipinski definition) is 4. The van der Waals surface area contributed by atoms with Gasteiger partial charge in [-0.3, -0.25) is 5.32 Å². The van der Waals surface area contributed by atoms with Gasteiger partial charge in [-0.2, -0.15) is 0 Å². The Morgan fingerprint density at radius 2 is 1.62 bits per heavy atom. The normalized spacial score (nSPS) is 9.50. The standard InChI is InChI=1S/C9H7NO6/c11-7(12)4-1-5(8(13)14)3-6(2-4)10-9(15)16/h1-3,10H,(H,11,12)(H,13,14)(H,15,16)/p-1. The lowest BCUT2D eigenvalue weighted by Crippen LogP contribution is -2.23. The van der Waals surface area contributed by atoms with Gasteiger partial charge in [-0.05, 0) is 18.2 Å². The predicted molar refractivity (Wildman–Crippen MR) is 49.4 cm³/mol. The van der Waals surface area contributed by atoms with E-state index in [4.69, 9.17) is 10.2 Å². The third kappa shape index (κ3) is 2.71. The second-order valence-corrected chi connectivity index (χ2v) is 2.82. The number of rotatable bonds is 3. The van der Waals surface area contributed by atoms with Crippen LogP contribution in [0.1, 0.15) is 20.7 Å². The number of benzene rings is 1. The molecular formula is C9H6NO6-. The van der Waals surface area contributed by atoms with Crippen molar-refractivity contribution >= 4 is 23.7 Å². The minimum atomic E-state index is -1.59. The van der Waals surface area contributed by atoms with Crippen LogP contribution in [-0.2, 0) is 0 Å². The first kappa shape index (κ1) is 11.5. The van der Waals surface area contributed by atoms with Crippen LogP contribution in [0.2, 0.25) is 0 Å². The summed E-state index contributed by atoms with van der Waals surface area (Å²) in [6.45, 7) is 0. The number of aromatic carboxylic acids is 2. The average Bonchev–Trinajstić information content (AvgIpc) is 2.15. The van der Waals surface area contributed by atoms with Crippen LogP contribution in [-0.4, -0.2) is 28.2 Å². The third-order valence-corrected chi connectivity index (χ3v) is 1.67. The highest BCUT2D eigenvalue weighted by molar-refractivity contribution is 5.96. The summed E-state index contributed by atoms with van der Waals surface area (Å²) in [5, 5.41) is 29.5. The lowest BCUT2D eigenvalue weighted by molar-refractivity contribution is -0.255. The molecule has 0 aromatic heterocycles. The maximum absolute atomic E-state index is 10.6. The number of carboxylic acids is 2. The molecule has 0 spiro atoms. The van der Waals surface area contributed by atoms with Gasteiger partial charge in [0, 0.05) is 11.3 Å². The molecule has 3 N–H and O–H groups in total. The Kier molecular flexibility index (Phi) is 3.09. The molecule has 1 aromatic rings. The number of carboxylic acid groups (broad SMARTS) is 3. The van der Waals surface area contributed by atoms with E-state index in [0.717, 1.165) is 18.2 Å². The molecular weight excluding hydrogens is 218 g/mol. The van der Waals surface area contributed by atoms with Gasteiger partial charge in [0.25, 0.3) is 0 Å². The zero-order valence-corrected chi connectivity index (χ0v) is 7.76. The van der Waals surface area contributed by atoms with Crippen molar-refractivity contribution in [2.75, 3.05) is 5.32 Å². The Balaban J connectivity index is 3.23. The number of anilines is 1. The van der Waals surface area contributed by atoms with Crippen molar-refractivity contribution in [3.63, 3.8) is 0 Å². The maximum Gasteiger partial charge on any atom is 0.409 e. The van der Waals surface area contributed by atoms with E-state index in [2.05, 4.69) is 0 Å². The van der Waals surface area contributed by atoms with E-state index in [0.29, 0.717) is 0 Å². The molecule has 0 unspecified atom stereocenters. The summed E-state index contributed by atoms with van der Waals surface area (Å²) < 4.78 is 0. The Morgan fingerprint density at radius 1 is 1.06 bits per heavy atom. The Morgan fingerprint density at radius 3 is 2.06 bits per heavy atom. The first-order valence-electron chi connectivity index (χ1n) is 4.00. The van der Waals surface area contributed by atoms with Crippen molar-refractivity contribution < 1.29 is 29.7 Å². The van der Waals surface area contributed by atoms with E-state index in [1.165, 1.54) is 0 Å². The quantitative estimate of drug-likeness (QED) is 0.654. The molecule has 1 aromatic carbocycles. The summed E-state index contributed by atoms with van der Waals surface area (Å²) >= 11 is 0. The molecule has 1 rings (SSSR count). The second kappa shape index (κ2) is 4.30. The molecule has 0 saturated heterocycles. The first-order valence-corrected chi connectivity index (χ1v) is 4.00. The lowest BCUT2D eigenvalue weighted by Gasteiger charge is -2.07. The molecule has 7 heteroatoms. The van der Waals surface area contributed by atoms with Crippen LogP contribution in [0.3, 0.4) is 0 Å². The molecule has 0 fully saturated rings. The highest BCUT2D eigenvalue weighted by atomic mass is 16.4. The van der Waals surface area contributed by atoms with Gasteiger partial charge in [0.15, 0.2) is 0 Å². The van der Waals surface area contributed by atoms with Crippen molar-refractivity contribution in [3.05, 3.63) is 29.3 Å². The molecule has 0 aliphatic heterocycles. The minimum Gasteiger partial charge on any atom is -0.545 e. The smallest absolute Gasteiger partial charge is 0.409 e. The van der Waals surface area contributed by atoms with Crippen molar-refractivity contribution in [1.82, 2.24) is 0 Å². The van der Waals surface area contributed by atoms with E-state index in [-0.39, 0.29) is 11.3 Å². The number of amides is 1. The molecule has 16 heavy (non-hydrogen) atoms. The van der Waals surface area contributed by atoms with Gasteiger partial charge in [-0.25, -0.2) is 9.59 Å². The van der Waals surface area contributed by atoms with Crippen molar-refractivity contribution in [2.45, 2.75) is 0 Å². The van der Waals surface area contributed by atoms with Crippen LogP contribution in [0.4, 0.5) is 10.5 Å². The molecule has 0 radical (unpaired) electrons. The van der Waals surface area contributed by atoms with Gasteiger partial charge in [0.2, 0.25) is 0 Å². The Labute approximate surface area is 88.9 Å². The molecule has 0 bridgehead atoms. The summed E-state index contributed by atoms with van der Waals surface area (Å²) in [5.74, 6) is -2.95. The van der Waals surface area contributed by atoms with Crippen molar-refractivity contribution in [3.8, 4) is 0 Å². The van der Waals surface area contributed by atoms with Gasteiger partial charge in [0.05, 0.1) is 11.5 Å².